The standard InChI is InChI=1S/C25H28N6O4S/c1-16-11-22(30-7-5-26-6-8-30)20(13-27-16)28-23(32)21-15-36-25(29-21)31-14-17-3-4-18(35-10-9-34-2)12-19(17)24(31)33/h3-4,11-15,26,33H,5-10H2,1-2H3,(H,28,32). The third-order valence-corrected chi connectivity index (χ3v) is 6.81. The van der Waals surface area contributed by atoms with Crippen LogP contribution >= 0.6 is 11.3 Å². The van der Waals surface area contributed by atoms with Gasteiger partial charge in [0.05, 0.1) is 24.2 Å². The van der Waals surface area contributed by atoms with Crippen LogP contribution < -0.4 is 20.3 Å². The minimum atomic E-state index is -0.329. The molecule has 0 spiro atoms. The van der Waals surface area contributed by atoms with E-state index in [1.807, 2.05) is 25.1 Å². The van der Waals surface area contributed by atoms with E-state index in [1.165, 1.54) is 11.3 Å². The van der Waals surface area contributed by atoms with Gasteiger partial charge in [0.1, 0.15) is 18.1 Å². The molecule has 0 bridgehead atoms. The summed E-state index contributed by atoms with van der Waals surface area (Å²) in [5, 5.41) is 20.8. The van der Waals surface area contributed by atoms with Crippen LogP contribution in [0.15, 0.2) is 42.0 Å². The molecule has 1 fully saturated rings. The summed E-state index contributed by atoms with van der Waals surface area (Å²) in [6, 6.07) is 7.48. The molecule has 1 amide bonds. The average Bonchev–Trinajstić information content (AvgIpc) is 3.51. The number of pyridine rings is 1. The molecule has 188 valence electrons. The lowest BCUT2D eigenvalue weighted by Gasteiger charge is -2.31. The Morgan fingerprint density at radius 1 is 1.25 bits per heavy atom. The summed E-state index contributed by atoms with van der Waals surface area (Å²) in [5.41, 5.74) is 2.76. The van der Waals surface area contributed by atoms with Crippen LogP contribution in [0.5, 0.6) is 11.6 Å². The van der Waals surface area contributed by atoms with Crippen molar-refractivity contribution in [1.82, 2.24) is 19.9 Å². The lowest BCUT2D eigenvalue weighted by molar-refractivity contribution is 0.102. The predicted molar refractivity (Wildman–Crippen MR) is 140 cm³/mol. The summed E-state index contributed by atoms with van der Waals surface area (Å²) in [6.45, 7) is 6.32. The number of ether oxygens (including phenoxy) is 2. The van der Waals surface area contributed by atoms with Crippen LogP contribution in [0, 0.1) is 6.92 Å². The van der Waals surface area contributed by atoms with Gasteiger partial charge in [-0.3, -0.25) is 14.3 Å². The fraction of sp³-hybridized carbons (Fsp3) is 0.320. The second kappa shape index (κ2) is 10.5. The van der Waals surface area contributed by atoms with Crippen molar-refractivity contribution in [2.75, 3.05) is 56.7 Å². The van der Waals surface area contributed by atoms with Crippen molar-refractivity contribution in [1.29, 1.82) is 0 Å². The second-order valence-electron chi connectivity index (χ2n) is 8.46. The third kappa shape index (κ3) is 4.99. The number of aromatic nitrogens is 3. The number of amides is 1. The Morgan fingerprint density at radius 3 is 2.89 bits per heavy atom. The Bertz CT molecular complexity index is 1380. The lowest BCUT2D eigenvalue weighted by Crippen LogP contribution is -2.43. The van der Waals surface area contributed by atoms with Crippen molar-refractivity contribution >= 4 is 39.4 Å². The number of thiazole rings is 1. The van der Waals surface area contributed by atoms with Crippen molar-refractivity contribution in [2.45, 2.75) is 6.92 Å². The van der Waals surface area contributed by atoms with Crippen molar-refractivity contribution in [3.8, 4) is 16.8 Å². The van der Waals surface area contributed by atoms with Gasteiger partial charge in [0.2, 0.25) is 5.88 Å². The van der Waals surface area contributed by atoms with E-state index < -0.39 is 0 Å². The van der Waals surface area contributed by atoms with Crippen LogP contribution in [0.4, 0.5) is 11.4 Å². The summed E-state index contributed by atoms with van der Waals surface area (Å²) in [5.74, 6) is 0.343. The van der Waals surface area contributed by atoms with E-state index in [2.05, 4.69) is 25.5 Å². The summed E-state index contributed by atoms with van der Waals surface area (Å²) >= 11 is 1.28. The van der Waals surface area contributed by atoms with E-state index in [-0.39, 0.29) is 17.5 Å². The molecule has 4 heterocycles. The molecule has 1 aliphatic rings. The fourth-order valence-electron chi connectivity index (χ4n) is 4.12. The number of piperazine rings is 1. The lowest BCUT2D eigenvalue weighted by atomic mass is 10.2. The minimum Gasteiger partial charge on any atom is -0.494 e. The number of anilines is 2. The molecule has 5 rings (SSSR count). The van der Waals surface area contributed by atoms with Crippen LogP contribution in [0.25, 0.3) is 15.9 Å². The van der Waals surface area contributed by atoms with Crippen LogP contribution in [0.1, 0.15) is 16.2 Å². The molecule has 0 aliphatic carbocycles. The smallest absolute Gasteiger partial charge is 0.275 e. The molecular weight excluding hydrogens is 480 g/mol. The zero-order chi connectivity index (χ0) is 25.1. The van der Waals surface area contributed by atoms with Crippen LogP contribution in [0.2, 0.25) is 0 Å². The molecule has 0 atom stereocenters. The zero-order valence-corrected chi connectivity index (χ0v) is 21.0. The zero-order valence-electron chi connectivity index (χ0n) is 20.2. The normalized spacial score (nSPS) is 13.8. The number of aromatic hydroxyl groups is 1. The van der Waals surface area contributed by atoms with Gasteiger partial charge in [0.25, 0.3) is 5.91 Å². The van der Waals surface area contributed by atoms with Gasteiger partial charge in [0, 0.05) is 61.3 Å². The molecular formula is C25H28N6O4S. The fourth-order valence-corrected chi connectivity index (χ4v) is 4.91. The molecule has 0 radical (unpaired) electrons. The van der Waals surface area contributed by atoms with E-state index in [1.54, 1.807) is 35.5 Å². The molecule has 11 heteroatoms. The third-order valence-electron chi connectivity index (χ3n) is 5.97. The number of carbonyl (C=O) groups is 1. The highest BCUT2D eigenvalue weighted by atomic mass is 32.1. The van der Waals surface area contributed by atoms with Gasteiger partial charge in [-0.2, -0.15) is 0 Å². The van der Waals surface area contributed by atoms with Gasteiger partial charge in [-0.25, -0.2) is 4.98 Å². The Hall–Kier alpha value is -3.67. The highest BCUT2D eigenvalue weighted by Crippen LogP contribution is 2.34. The SMILES string of the molecule is COCCOc1ccc2cn(-c3nc(C(=O)Nc4cnc(C)cc4N4CCNCC4)cs3)c(O)c2c1. The first kappa shape index (κ1) is 24.0. The van der Waals surface area contributed by atoms with Crippen molar-refractivity contribution < 1.29 is 19.4 Å². The van der Waals surface area contributed by atoms with Crippen LogP contribution in [-0.4, -0.2) is 72.1 Å². The van der Waals surface area contributed by atoms with Crippen molar-refractivity contribution in [3.63, 3.8) is 0 Å². The predicted octanol–water partition coefficient (Wildman–Crippen LogP) is 3.18. The van der Waals surface area contributed by atoms with Crippen LogP contribution in [-0.2, 0) is 4.74 Å². The van der Waals surface area contributed by atoms with Gasteiger partial charge < -0.3 is 30.1 Å². The average molecular weight is 509 g/mol. The number of benzene rings is 1. The number of methoxy groups -OCH3 is 1. The maximum Gasteiger partial charge on any atom is 0.275 e. The molecule has 0 saturated carbocycles. The van der Waals surface area contributed by atoms with Gasteiger partial charge in [-0.1, -0.05) is 0 Å². The first-order chi connectivity index (χ1) is 17.5. The highest BCUT2D eigenvalue weighted by molar-refractivity contribution is 7.12. The number of carbonyl (C=O) groups excluding carboxylic acids is 1. The summed E-state index contributed by atoms with van der Waals surface area (Å²) in [6.07, 6.45) is 3.48. The quantitative estimate of drug-likeness (QED) is 0.311. The van der Waals surface area contributed by atoms with Gasteiger partial charge in [-0.05, 0) is 31.2 Å². The number of fused-ring (bicyclic) bond motifs is 1. The Kier molecular flexibility index (Phi) is 7.03. The first-order valence-corrected chi connectivity index (χ1v) is 12.6. The largest absolute Gasteiger partial charge is 0.494 e. The minimum absolute atomic E-state index is 0.0345. The number of nitrogens with zero attached hydrogens (tertiary/aromatic N) is 4. The summed E-state index contributed by atoms with van der Waals surface area (Å²) in [7, 11) is 1.62. The molecule has 1 aliphatic heterocycles. The molecule has 10 nitrogen and oxygen atoms in total. The van der Waals surface area contributed by atoms with Crippen LogP contribution in [0.3, 0.4) is 0 Å². The number of hydrogen-bond donors (Lipinski definition) is 3. The molecule has 1 saturated heterocycles. The van der Waals surface area contributed by atoms with Crippen molar-refractivity contribution in [2.24, 2.45) is 0 Å². The second-order valence-corrected chi connectivity index (χ2v) is 9.30. The first-order valence-electron chi connectivity index (χ1n) is 11.7. The van der Waals surface area contributed by atoms with E-state index in [9.17, 15) is 9.90 Å². The Balaban J connectivity index is 1.36. The van der Waals surface area contributed by atoms with Gasteiger partial charge in [-0.15, -0.1) is 11.3 Å². The number of aryl methyl sites for hydroxylation is 1. The topological polar surface area (TPSA) is 114 Å². The van der Waals surface area contributed by atoms with Crippen molar-refractivity contribution in [3.05, 3.63) is 53.4 Å². The molecule has 0 unspecified atom stereocenters. The maximum absolute atomic E-state index is 13.1. The van der Waals surface area contributed by atoms with Gasteiger partial charge in [0.15, 0.2) is 5.13 Å². The van der Waals surface area contributed by atoms with Gasteiger partial charge >= 0.3 is 0 Å². The van der Waals surface area contributed by atoms with E-state index in [4.69, 9.17) is 9.47 Å². The Labute approximate surface area is 212 Å². The van der Waals surface area contributed by atoms with E-state index in [0.29, 0.717) is 35.2 Å². The monoisotopic (exact) mass is 508 g/mol. The molecule has 3 aromatic heterocycles. The summed E-state index contributed by atoms with van der Waals surface area (Å²) < 4.78 is 12.2. The number of hydrogen-bond acceptors (Lipinski definition) is 9. The molecule has 36 heavy (non-hydrogen) atoms. The molecule has 3 N–H and O–H groups in total. The maximum atomic E-state index is 13.1. The molecule has 4 aromatic rings. The Morgan fingerprint density at radius 2 is 2.08 bits per heavy atom. The molecule has 1 aromatic carbocycles. The highest BCUT2D eigenvalue weighted by Gasteiger charge is 2.20. The summed E-state index contributed by atoms with van der Waals surface area (Å²) in [4.78, 5) is 24.2. The van der Waals surface area contributed by atoms with E-state index in [0.717, 1.165) is 42.9 Å². The number of nitrogens with one attached hydrogen (secondary N) is 2. The van der Waals surface area contributed by atoms with E-state index >= 15 is 0 Å². The number of rotatable bonds is 8.